The van der Waals surface area contributed by atoms with E-state index < -0.39 is 0 Å². The molecule has 0 unspecified atom stereocenters. The molecule has 0 atom stereocenters. The standard InChI is InChI=1S/C53H41N3S/c1-3-11-36(12-4-1)40-26-39-15-7-8-16-43(39)46(28-40)51-54-50(38-13-5-2-6-14-38)55-52(56-51)47-29-41(27-45-44-17-9-10-18-48(44)57-49(45)47)37-19-21-42(22-20-37)53-30-33-23-34(31-53)25-35(24-33)32-53/h1-22,26-29,33-35H,23-25,30-32H2. The van der Waals surface area contributed by atoms with E-state index in [0.717, 1.165) is 56.3 Å². The normalized spacial score (nSPS) is 21.2. The largest absolute Gasteiger partial charge is 0.208 e. The first-order valence-electron chi connectivity index (χ1n) is 20.6. The second kappa shape index (κ2) is 13.0. The van der Waals surface area contributed by atoms with E-state index in [1.54, 1.807) is 5.56 Å². The summed E-state index contributed by atoms with van der Waals surface area (Å²) in [6.07, 6.45) is 8.54. The van der Waals surface area contributed by atoms with Gasteiger partial charge in [-0.25, -0.2) is 15.0 Å². The Morgan fingerprint density at radius 1 is 0.421 bits per heavy atom. The van der Waals surface area contributed by atoms with Crippen LogP contribution in [0, 0.1) is 17.8 Å². The van der Waals surface area contributed by atoms with E-state index in [1.807, 2.05) is 17.4 Å². The first kappa shape index (κ1) is 33.2. The van der Waals surface area contributed by atoms with Crippen LogP contribution in [0.2, 0.25) is 0 Å². The molecule has 274 valence electrons. The zero-order valence-electron chi connectivity index (χ0n) is 31.7. The minimum Gasteiger partial charge on any atom is -0.208 e. The van der Waals surface area contributed by atoms with Crippen molar-refractivity contribution >= 4 is 42.3 Å². The Morgan fingerprint density at radius 3 is 1.68 bits per heavy atom. The van der Waals surface area contributed by atoms with Crippen molar-refractivity contribution in [3.05, 3.63) is 163 Å². The third-order valence-corrected chi connectivity index (χ3v) is 14.7. The van der Waals surface area contributed by atoms with Gasteiger partial charge in [0, 0.05) is 36.9 Å². The van der Waals surface area contributed by atoms with Gasteiger partial charge in [0.05, 0.1) is 0 Å². The summed E-state index contributed by atoms with van der Waals surface area (Å²) >= 11 is 1.83. The van der Waals surface area contributed by atoms with Gasteiger partial charge in [-0.1, -0.05) is 127 Å². The van der Waals surface area contributed by atoms with Gasteiger partial charge in [-0.2, -0.15) is 0 Å². The van der Waals surface area contributed by atoms with Crippen LogP contribution in [-0.2, 0) is 5.41 Å². The summed E-state index contributed by atoms with van der Waals surface area (Å²) in [6, 6.07) is 57.3. The number of aromatic nitrogens is 3. The minimum atomic E-state index is 0.378. The zero-order valence-corrected chi connectivity index (χ0v) is 32.6. The molecule has 4 aliphatic carbocycles. The highest BCUT2D eigenvalue weighted by Crippen LogP contribution is 2.61. The molecular weight excluding hydrogens is 711 g/mol. The predicted octanol–water partition coefficient (Wildman–Crippen LogP) is 14.2. The highest BCUT2D eigenvalue weighted by molar-refractivity contribution is 7.26. The second-order valence-electron chi connectivity index (χ2n) is 17.1. The van der Waals surface area contributed by atoms with E-state index >= 15 is 0 Å². The van der Waals surface area contributed by atoms with E-state index in [1.165, 1.54) is 69.8 Å². The maximum absolute atomic E-state index is 5.44. The molecule has 7 aromatic carbocycles. The fourth-order valence-corrected chi connectivity index (χ4v) is 12.5. The summed E-state index contributed by atoms with van der Waals surface area (Å²) in [5, 5.41) is 4.79. The second-order valence-corrected chi connectivity index (χ2v) is 18.1. The van der Waals surface area contributed by atoms with Gasteiger partial charge in [0.25, 0.3) is 0 Å². The molecule has 57 heavy (non-hydrogen) atoms. The number of rotatable bonds is 6. The average Bonchev–Trinajstić information content (AvgIpc) is 3.64. The molecule has 4 aliphatic rings. The molecule has 2 aromatic heterocycles. The predicted molar refractivity (Wildman–Crippen MR) is 237 cm³/mol. The lowest BCUT2D eigenvalue weighted by atomic mass is 9.48. The van der Waals surface area contributed by atoms with Crippen LogP contribution in [-0.4, -0.2) is 15.0 Å². The van der Waals surface area contributed by atoms with Crippen molar-refractivity contribution in [2.75, 3.05) is 0 Å². The third kappa shape index (κ3) is 5.64. The number of benzene rings is 7. The summed E-state index contributed by atoms with van der Waals surface area (Å²) in [6.45, 7) is 0. The van der Waals surface area contributed by atoms with Gasteiger partial charge < -0.3 is 0 Å². The highest BCUT2D eigenvalue weighted by atomic mass is 32.1. The number of hydrogen-bond donors (Lipinski definition) is 0. The van der Waals surface area contributed by atoms with Crippen molar-refractivity contribution in [2.45, 2.75) is 43.9 Å². The van der Waals surface area contributed by atoms with Gasteiger partial charge in [0.2, 0.25) is 0 Å². The summed E-state index contributed by atoms with van der Waals surface area (Å²) < 4.78 is 2.46. The van der Waals surface area contributed by atoms with Gasteiger partial charge >= 0.3 is 0 Å². The zero-order chi connectivity index (χ0) is 37.5. The van der Waals surface area contributed by atoms with Gasteiger partial charge in [0.15, 0.2) is 17.5 Å². The number of thiophene rings is 1. The molecule has 4 fully saturated rings. The quantitative estimate of drug-likeness (QED) is 0.170. The molecular formula is C53H41N3S. The van der Waals surface area contributed by atoms with Crippen molar-refractivity contribution in [3.8, 4) is 56.4 Å². The Morgan fingerprint density at radius 2 is 0.965 bits per heavy atom. The molecule has 0 amide bonds. The van der Waals surface area contributed by atoms with Crippen LogP contribution in [0.1, 0.15) is 44.1 Å². The number of nitrogens with zero attached hydrogens (tertiary/aromatic N) is 3. The Hall–Kier alpha value is -5.97. The van der Waals surface area contributed by atoms with Crippen LogP contribution < -0.4 is 0 Å². The lowest BCUT2D eigenvalue weighted by Gasteiger charge is -2.57. The summed E-state index contributed by atoms with van der Waals surface area (Å²) in [4.78, 5) is 16.0. The van der Waals surface area contributed by atoms with Crippen molar-refractivity contribution in [3.63, 3.8) is 0 Å². The Bertz CT molecular complexity index is 2950. The molecule has 2 heterocycles. The van der Waals surface area contributed by atoms with Crippen LogP contribution in [0.4, 0.5) is 0 Å². The molecule has 0 aliphatic heterocycles. The first-order valence-corrected chi connectivity index (χ1v) is 21.4. The molecule has 4 saturated carbocycles. The molecule has 0 saturated heterocycles. The fraction of sp³-hybridized carbons (Fsp3) is 0.189. The van der Waals surface area contributed by atoms with E-state index in [-0.39, 0.29) is 0 Å². The Kier molecular flexibility index (Phi) is 7.60. The highest BCUT2D eigenvalue weighted by Gasteiger charge is 2.51. The first-order chi connectivity index (χ1) is 28.1. The minimum absolute atomic E-state index is 0.378. The average molecular weight is 752 g/mol. The third-order valence-electron chi connectivity index (χ3n) is 13.5. The topological polar surface area (TPSA) is 38.7 Å². The van der Waals surface area contributed by atoms with Crippen LogP contribution in [0.25, 0.3) is 87.4 Å². The van der Waals surface area contributed by atoms with Crippen LogP contribution >= 0.6 is 11.3 Å². The molecule has 0 N–H and O–H groups in total. The molecule has 4 bridgehead atoms. The Balaban J connectivity index is 1.06. The smallest absolute Gasteiger partial charge is 0.165 e. The van der Waals surface area contributed by atoms with E-state index in [9.17, 15) is 0 Å². The lowest BCUT2D eigenvalue weighted by molar-refractivity contribution is -0.00518. The van der Waals surface area contributed by atoms with Crippen molar-refractivity contribution in [1.29, 1.82) is 0 Å². The van der Waals surface area contributed by atoms with Gasteiger partial charge in [-0.05, 0) is 131 Å². The molecule has 0 spiro atoms. The summed E-state index contributed by atoms with van der Waals surface area (Å²) in [5.74, 6) is 4.82. The maximum atomic E-state index is 5.44. The molecule has 13 rings (SSSR count). The molecule has 0 radical (unpaired) electrons. The molecule has 9 aromatic rings. The maximum Gasteiger partial charge on any atom is 0.165 e. The fourth-order valence-electron chi connectivity index (χ4n) is 11.3. The van der Waals surface area contributed by atoms with E-state index in [0.29, 0.717) is 22.9 Å². The molecule has 4 heteroatoms. The van der Waals surface area contributed by atoms with Crippen molar-refractivity contribution in [1.82, 2.24) is 15.0 Å². The lowest BCUT2D eigenvalue weighted by Crippen LogP contribution is -2.48. The van der Waals surface area contributed by atoms with E-state index in [4.69, 9.17) is 15.0 Å². The van der Waals surface area contributed by atoms with Gasteiger partial charge in [-0.3, -0.25) is 0 Å². The van der Waals surface area contributed by atoms with Gasteiger partial charge in [-0.15, -0.1) is 11.3 Å². The van der Waals surface area contributed by atoms with Crippen LogP contribution in [0.5, 0.6) is 0 Å². The monoisotopic (exact) mass is 751 g/mol. The SMILES string of the molecule is c1ccc(-c2cc(-c3nc(-c4ccccc4)nc(-c4cc(-c5ccc(C67CC8CC(CC(C8)C6)C7)cc5)cc5c4sc4ccccc45)n3)c3ccccc3c2)cc1. The summed E-state index contributed by atoms with van der Waals surface area (Å²) in [5.41, 5.74) is 9.67. The number of fused-ring (bicyclic) bond motifs is 4. The van der Waals surface area contributed by atoms with Crippen molar-refractivity contribution in [2.24, 2.45) is 17.8 Å². The van der Waals surface area contributed by atoms with Gasteiger partial charge in [0.1, 0.15) is 0 Å². The van der Waals surface area contributed by atoms with Crippen molar-refractivity contribution < 1.29 is 0 Å². The van der Waals surface area contributed by atoms with Crippen LogP contribution in [0.3, 0.4) is 0 Å². The molecule has 3 nitrogen and oxygen atoms in total. The van der Waals surface area contributed by atoms with E-state index in [2.05, 4.69) is 152 Å². The number of hydrogen-bond acceptors (Lipinski definition) is 4. The Labute approximate surface area is 337 Å². The summed E-state index contributed by atoms with van der Waals surface area (Å²) in [7, 11) is 0. The van der Waals surface area contributed by atoms with Crippen LogP contribution in [0.15, 0.2) is 158 Å².